The van der Waals surface area contributed by atoms with Gasteiger partial charge in [-0.25, -0.2) is 0 Å². The van der Waals surface area contributed by atoms with E-state index in [-0.39, 0.29) is 0 Å². The van der Waals surface area contributed by atoms with E-state index in [4.69, 9.17) is 0 Å². The van der Waals surface area contributed by atoms with Gasteiger partial charge in [0.2, 0.25) is 0 Å². The Morgan fingerprint density at radius 2 is 1.32 bits per heavy atom. The third-order valence-corrected chi connectivity index (χ3v) is 5.53. The molecule has 0 aromatic heterocycles. The van der Waals surface area contributed by atoms with E-state index in [1.807, 2.05) is 24.3 Å². The topological polar surface area (TPSA) is 0 Å². The predicted molar refractivity (Wildman–Crippen MR) is 101 cm³/mol. The molecule has 0 radical (unpaired) electrons. The van der Waals surface area contributed by atoms with Crippen molar-refractivity contribution in [3.05, 3.63) is 65.4 Å². The maximum absolute atomic E-state index is 3.44. The first kappa shape index (κ1) is 17.9. The van der Waals surface area contributed by atoms with Crippen LogP contribution in [0.1, 0.15) is 11.1 Å². The van der Waals surface area contributed by atoms with Gasteiger partial charge in [0, 0.05) is 23.2 Å². The van der Waals surface area contributed by atoms with Gasteiger partial charge >= 0.3 is 0 Å². The van der Waals surface area contributed by atoms with Gasteiger partial charge in [0.1, 0.15) is 0 Å². The van der Waals surface area contributed by atoms with Crippen molar-refractivity contribution in [2.45, 2.75) is 12.3 Å². The van der Waals surface area contributed by atoms with Crippen molar-refractivity contribution >= 4 is 79.6 Å². The van der Waals surface area contributed by atoms with Crippen molar-refractivity contribution in [1.29, 1.82) is 0 Å². The van der Waals surface area contributed by atoms with Crippen molar-refractivity contribution in [1.82, 2.24) is 0 Å². The average Bonchev–Trinajstić information content (AvgIpc) is 2.38. The summed E-state index contributed by atoms with van der Waals surface area (Å²) < 4.78 is 4.55. The second-order valence-corrected chi connectivity index (χ2v) is 7.86. The molecule has 0 bridgehead atoms. The van der Waals surface area contributed by atoms with Gasteiger partial charge in [0.05, 0.1) is 0 Å². The smallest absolute Gasteiger partial charge is 0.0294 e. The Labute approximate surface area is 156 Å². The zero-order valence-electron chi connectivity index (χ0n) is 10.1. The molecule has 102 valence electrons. The first-order valence-electron chi connectivity index (χ1n) is 5.35. The Morgan fingerprint density at radius 3 is 1.74 bits per heavy atom. The molecular weight excluding hydrogens is 568 g/mol. The highest BCUT2D eigenvalue weighted by Gasteiger charge is 1.96. The molecule has 0 saturated carbocycles. The normalized spacial score (nSPS) is 9.79. The molecule has 2 aromatic rings. The van der Waals surface area contributed by atoms with Gasteiger partial charge in [0.25, 0.3) is 0 Å². The van der Waals surface area contributed by atoms with Crippen LogP contribution in [0, 0.1) is 6.92 Å². The second kappa shape index (κ2) is 8.98. The fourth-order valence-electron chi connectivity index (χ4n) is 1.25. The van der Waals surface area contributed by atoms with Gasteiger partial charge in [0.15, 0.2) is 0 Å². The predicted octanol–water partition coefficient (Wildman–Crippen LogP) is 7.63. The lowest BCUT2D eigenvalue weighted by atomic mass is 10.2. The highest BCUT2D eigenvalue weighted by molar-refractivity contribution is 9.11. The summed E-state index contributed by atoms with van der Waals surface area (Å²) >= 11 is 17.0. The van der Waals surface area contributed by atoms with Crippen LogP contribution in [-0.4, -0.2) is 0 Å². The van der Waals surface area contributed by atoms with Crippen LogP contribution in [0.15, 0.2) is 54.3 Å². The summed E-state index contributed by atoms with van der Waals surface area (Å²) in [5, 5.41) is 0.882. The molecule has 0 aliphatic carbocycles. The number of benzene rings is 2. The molecule has 0 saturated heterocycles. The monoisotopic (exact) mass is 574 g/mol. The van der Waals surface area contributed by atoms with Crippen LogP contribution in [0.5, 0.6) is 0 Å². The lowest BCUT2D eigenvalue weighted by Gasteiger charge is -1.98. The molecule has 0 heterocycles. The van der Waals surface area contributed by atoms with Gasteiger partial charge in [-0.15, -0.1) is 0 Å². The fraction of sp³-hybridized carbons (Fsp3) is 0.143. The second-order valence-electron chi connectivity index (χ2n) is 3.76. The number of alkyl halides is 1. The highest BCUT2D eigenvalue weighted by atomic mass is 79.9. The van der Waals surface area contributed by atoms with E-state index < -0.39 is 0 Å². The van der Waals surface area contributed by atoms with E-state index in [0.717, 1.165) is 23.2 Å². The molecule has 2 aromatic carbocycles. The molecule has 0 N–H and O–H groups in total. The maximum atomic E-state index is 3.44. The van der Waals surface area contributed by atoms with Gasteiger partial charge < -0.3 is 0 Å². The van der Waals surface area contributed by atoms with E-state index in [0.29, 0.717) is 0 Å². The lowest BCUT2D eigenvalue weighted by Crippen LogP contribution is -1.78. The average molecular weight is 579 g/mol. The summed E-state index contributed by atoms with van der Waals surface area (Å²) in [4.78, 5) is 0. The molecule has 2 rings (SSSR count). The molecule has 0 nitrogen and oxygen atoms in total. The largest absolute Gasteiger partial charge is 0.0876 e. The van der Waals surface area contributed by atoms with Crippen molar-refractivity contribution in [3.63, 3.8) is 0 Å². The molecule has 0 aliphatic rings. The van der Waals surface area contributed by atoms with Crippen molar-refractivity contribution in [3.8, 4) is 0 Å². The quantitative estimate of drug-likeness (QED) is 0.305. The summed E-state index contributed by atoms with van der Waals surface area (Å²) in [6.45, 7) is 2.06. The van der Waals surface area contributed by atoms with Crippen LogP contribution in [0.3, 0.4) is 0 Å². The molecule has 0 spiro atoms. The van der Waals surface area contributed by atoms with Crippen LogP contribution in [-0.2, 0) is 5.33 Å². The first-order chi connectivity index (χ1) is 8.93. The van der Waals surface area contributed by atoms with E-state index in [1.54, 1.807) is 0 Å². The Kier molecular flexibility index (Phi) is 8.46. The minimum Gasteiger partial charge on any atom is -0.0876 e. The van der Waals surface area contributed by atoms with Crippen molar-refractivity contribution < 1.29 is 0 Å². The first-order valence-corrected chi connectivity index (χ1v) is 9.65. The number of halogens is 5. The minimum absolute atomic E-state index is 0.882. The lowest BCUT2D eigenvalue weighted by molar-refractivity contribution is 1.38. The molecule has 0 fully saturated rings. The van der Waals surface area contributed by atoms with E-state index in [1.165, 1.54) is 11.1 Å². The Balaban J connectivity index is 0.000000191. The Hall–Kier alpha value is 0.840. The molecule has 5 heteroatoms. The third kappa shape index (κ3) is 6.42. The number of hydrogen-bond acceptors (Lipinski definition) is 0. The number of aryl methyl sites for hydroxylation is 1. The van der Waals surface area contributed by atoms with E-state index >= 15 is 0 Å². The van der Waals surface area contributed by atoms with Gasteiger partial charge in [-0.05, 0) is 54.4 Å². The van der Waals surface area contributed by atoms with Crippen LogP contribution >= 0.6 is 79.6 Å². The van der Waals surface area contributed by atoms with Gasteiger partial charge in [-0.2, -0.15) is 0 Å². The maximum Gasteiger partial charge on any atom is 0.0294 e. The molecular formula is C14H11Br5. The fourth-order valence-corrected chi connectivity index (χ4v) is 3.61. The van der Waals surface area contributed by atoms with Gasteiger partial charge in [-0.1, -0.05) is 79.6 Å². The third-order valence-electron chi connectivity index (χ3n) is 2.27. The van der Waals surface area contributed by atoms with Gasteiger partial charge in [-0.3, -0.25) is 0 Å². The van der Waals surface area contributed by atoms with Crippen molar-refractivity contribution in [2.75, 3.05) is 0 Å². The highest BCUT2D eigenvalue weighted by Crippen LogP contribution is 2.23. The molecule has 0 atom stereocenters. The van der Waals surface area contributed by atoms with Crippen LogP contribution in [0.25, 0.3) is 0 Å². The van der Waals surface area contributed by atoms with Crippen LogP contribution in [0.4, 0.5) is 0 Å². The molecule has 19 heavy (non-hydrogen) atoms. The zero-order chi connectivity index (χ0) is 14.4. The summed E-state index contributed by atoms with van der Waals surface area (Å²) in [5.41, 5.74) is 2.51. The molecule has 0 amide bonds. The standard InChI is InChI=1S/C7H5Br3.C7H6Br2/c8-4-5-3-6(9)1-2-7(5)10;1-5-4-6(8)2-3-7(5)9/h1-3H,4H2;2-4H,1H3. The summed E-state index contributed by atoms with van der Waals surface area (Å²) in [7, 11) is 0. The van der Waals surface area contributed by atoms with Crippen LogP contribution in [0.2, 0.25) is 0 Å². The zero-order valence-corrected chi connectivity index (χ0v) is 18.0. The van der Waals surface area contributed by atoms with Crippen molar-refractivity contribution in [2.24, 2.45) is 0 Å². The van der Waals surface area contributed by atoms with E-state index in [2.05, 4.69) is 98.7 Å². The summed E-state index contributed by atoms with van der Waals surface area (Å²) in [6.07, 6.45) is 0. The Morgan fingerprint density at radius 1 is 0.789 bits per heavy atom. The van der Waals surface area contributed by atoms with E-state index in [9.17, 15) is 0 Å². The molecule has 0 unspecified atom stereocenters. The summed E-state index contributed by atoms with van der Waals surface area (Å²) in [5.74, 6) is 0. The SMILES string of the molecule is BrCc1cc(Br)ccc1Br.Cc1cc(Br)ccc1Br. The minimum atomic E-state index is 0.882. The molecule has 0 aliphatic heterocycles. The summed E-state index contributed by atoms with van der Waals surface area (Å²) in [6, 6.07) is 12.2. The number of hydrogen-bond donors (Lipinski definition) is 0. The number of rotatable bonds is 1. The Bertz CT molecular complexity index is 552. The van der Waals surface area contributed by atoms with Crippen LogP contribution < -0.4 is 0 Å².